The minimum Gasteiger partial charge on any atom is -0.325 e. The first kappa shape index (κ1) is 21.0. The number of benzene rings is 2. The molecule has 2 aromatic rings. The molecule has 0 fully saturated rings. The van der Waals surface area contributed by atoms with Crippen LogP contribution in [0, 0.1) is 25.2 Å². The molecule has 0 radical (unpaired) electrons. The molecule has 148 valence electrons. The van der Waals surface area contributed by atoms with Gasteiger partial charge in [0, 0.05) is 23.0 Å². The molecule has 1 aliphatic rings. The molecule has 1 atom stereocenters. The minimum atomic E-state index is -0.310. The highest BCUT2D eigenvalue weighted by atomic mass is 35.5. The summed E-state index contributed by atoms with van der Waals surface area (Å²) in [6, 6.07) is 15.3. The molecule has 0 spiro atoms. The zero-order chi connectivity index (χ0) is 21.0. The SMILES string of the molecule is Cc1ccc([C@H]2CC(=O)NC(SCC(=O)Nc3cccc(Cl)c3C)=C2C#N)cc1. The summed E-state index contributed by atoms with van der Waals surface area (Å²) in [6.07, 6.45) is 0.212. The molecule has 0 aliphatic carbocycles. The van der Waals surface area contributed by atoms with E-state index in [1.54, 1.807) is 18.2 Å². The maximum atomic E-state index is 12.4. The van der Waals surface area contributed by atoms with Crippen LogP contribution in [-0.4, -0.2) is 17.6 Å². The first-order valence-corrected chi connectivity index (χ1v) is 10.4. The van der Waals surface area contributed by atoms with Gasteiger partial charge in [0.25, 0.3) is 0 Å². The van der Waals surface area contributed by atoms with Crippen LogP contribution in [0.25, 0.3) is 0 Å². The number of aryl methyl sites for hydroxylation is 1. The monoisotopic (exact) mass is 425 g/mol. The topological polar surface area (TPSA) is 82.0 Å². The van der Waals surface area contributed by atoms with Crippen LogP contribution in [0.5, 0.6) is 0 Å². The third kappa shape index (κ3) is 5.00. The molecule has 29 heavy (non-hydrogen) atoms. The van der Waals surface area contributed by atoms with Crippen molar-refractivity contribution >= 4 is 40.9 Å². The van der Waals surface area contributed by atoms with Gasteiger partial charge in [0.2, 0.25) is 11.8 Å². The van der Waals surface area contributed by atoms with Crippen molar-refractivity contribution in [3.05, 3.63) is 74.8 Å². The van der Waals surface area contributed by atoms with Crippen LogP contribution in [0.2, 0.25) is 5.02 Å². The first-order valence-electron chi connectivity index (χ1n) is 9.07. The third-order valence-corrected chi connectivity index (χ3v) is 6.15. The molecule has 0 aromatic heterocycles. The number of nitriles is 1. The lowest BCUT2D eigenvalue weighted by Gasteiger charge is -2.25. The van der Waals surface area contributed by atoms with Gasteiger partial charge in [-0.25, -0.2) is 0 Å². The van der Waals surface area contributed by atoms with E-state index in [2.05, 4.69) is 16.7 Å². The summed E-state index contributed by atoms with van der Waals surface area (Å²) in [4.78, 5) is 24.6. The molecule has 0 saturated heterocycles. The van der Waals surface area contributed by atoms with Crippen molar-refractivity contribution in [1.29, 1.82) is 5.26 Å². The highest BCUT2D eigenvalue weighted by Gasteiger charge is 2.29. The van der Waals surface area contributed by atoms with Crippen molar-refractivity contribution in [3.63, 3.8) is 0 Å². The number of anilines is 1. The van der Waals surface area contributed by atoms with Gasteiger partial charge in [-0.3, -0.25) is 9.59 Å². The standard InChI is InChI=1S/C22H20ClN3O2S/c1-13-6-8-15(9-7-13)16-10-20(27)26-22(17(16)11-24)29-12-21(28)25-19-5-3-4-18(23)14(19)2/h3-9,16H,10,12H2,1-2H3,(H,25,28)(H,26,27)/t16-/m1/s1. The Hall–Kier alpha value is -2.75. The lowest BCUT2D eigenvalue weighted by Crippen LogP contribution is -2.31. The Bertz CT molecular complexity index is 1030. The van der Waals surface area contributed by atoms with Crippen LogP contribution in [0.1, 0.15) is 29.0 Å². The van der Waals surface area contributed by atoms with E-state index in [0.29, 0.717) is 21.3 Å². The number of carbonyl (C=O) groups is 2. The van der Waals surface area contributed by atoms with E-state index in [4.69, 9.17) is 11.6 Å². The second-order valence-electron chi connectivity index (χ2n) is 6.82. The number of hydrogen-bond acceptors (Lipinski definition) is 4. The largest absolute Gasteiger partial charge is 0.325 e. The zero-order valence-corrected chi connectivity index (χ0v) is 17.7. The van der Waals surface area contributed by atoms with E-state index in [-0.39, 0.29) is 29.9 Å². The van der Waals surface area contributed by atoms with Gasteiger partial charge in [-0.05, 0) is 37.1 Å². The van der Waals surface area contributed by atoms with E-state index in [1.807, 2.05) is 38.1 Å². The van der Waals surface area contributed by atoms with Gasteiger partial charge >= 0.3 is 0 Å². The lowest BCUT2D eigenvalue weighted by atomic mass is 9.87. The summed E-state index contributed by atoms with van der Waals surface area (Å²) < 4.78 is 0. The zero-order valence-electron chi connectivity index (χ0n) is 16.1. The number of rotatable bonds is 5. The highest BCUT2D eigenvalue weighted by Crippen LogP contribution is 2.36. The molecule has 0 bridgehead atoms. The average Bonchev–Trinajstić information content (AvgIpc) is 2.70. The van der Waals surface area contributed by atoms with Crippen LogP contribution in [0.4, 0.5) is 5.69 Å². The smallest absolute Gasteiger partial charge is 0.234 e. The quantitative estimate of drug-likeness (QED) is 0.729. The van der Waals surface area contributed by atoms with E-state index in [9.17, 15) is 14.9 Å². The number of amides is 2. The molecule has 2 aromatic carbocycles. The normalized spacial score (nSPS) is 16.2. The van der Waals surface area contributed by atoms with Gasteiger partial charge < -0.3 is 10.6 Å². The molecule has 1 aliphatic heterocycles. The van der Waals surface area contributed by atoms with Crippen molar-refractivity contribution < 1.29 is 9.59 Å². The second kappa shape index (κ2) is 9.17. The number of nitrogens with one attached hydrogen (secondary N) is 2. The summed E-state index contributed by atoms with van der Waals surface area (Å²) >= 11 is 7.24. The van der Waals surface area contributed by atoms with Gasteiger partial charge in [-0.1, -0.05) is 59.3 Å². The van der Waals surface area contributed by atoms with Gasteiger partial charge in [0.05, 0.1) is 22.4 Å². The Morgan fingerprint density at radius 1 is 1.28 bits per heavy atom. The maximum Gasteiger partial charge on any atom is 0.234 e. The average molecular weight is 426 g/mol. The van der Waals surface area contributed by atoms with Crippen LogP contribution in [-0.2, 0) is 9.59 Å². The Labute approximate surface area is 179 Å². The first-order chi connectivity index (χ1) is 13.9. The summed E-state index contributed by atoms with van der Waals surface area (Å²) in [5.74, 6) is -0.650. The Kier molecular flexibility index (Phi) is 6.63. The molecule has 0 unspecified atom stereocenters. The second-order valence-corrected chi connectivity index (χ2v) is 8.21. The number of carbonyl (C=O) groups excluding carboxylic acids is 2. The molecule has 1 heterocycles. The summed E-state index contributed by atoms with van der Waals surface area (Å²) in [6.45, 7) is 3.81. The number of halogens is 1. The summed E-state index contributed by atoms with van der Waals surface area (Å²) in [7, 11) is 0. The molecule has 5 nitrogen and oxygen atoms in total. The van der Waals surface area contributed by atoms with Gasteiger partial charge in [0.15, 0.2) is 0 Å². The van der Waals surface area contributed by atoms with Crippen molar-refractivity contribution in [2.45, 2.75) is 26.2 Å². The predicted octanol–water partition coefficient (Wildman–Crippen LogP) is 4.67. The fraction of sp³-hybridized carbons (Fsp3) is 0.227. The Balaban J connectivity index is 1.76. The fourth-order valence-corrected chi connectivity index (χ4v) is 4.13. The summed E-state index contributed by atoms with van der Waals surface area (Å²) in [5.41, 5.74) is 3.93. The molecule has 2 amide bonds. The molecule has 7 heteroatoms. The van der Waals surface area contributed by atoms with Crippen LogP contribution < -0.4 is 10.6 Å². The minimum absolute atomic E-state index is 0.0629. The van der Waals surface area contributed by atoms with Gasteiger partial charge in [-0.2, -0.15) is 5.26 Å². The highest BCUT2D eigenvalue weighted by molar-refractivity contribution is 8.03. The molecule has 0 saturated carbocycles. The molecule has 2 N–H and O–H groups in total. The lowest BCUT2D eigenvalue weighted by molar-refractivity contribution is -0.121. The number of thioether (sulfide) groups is 1. The molecular formula is C22H20ClN3O2S. The Morgan fingerprint density at radius 2 is 2.00 bits per heavy atom. The molecular weight excluding hydrogens is 406 g/mol. The maximum absolute atomic E-state index is 12.4. The summed E-state index contributed by atoms with van der Waals surface area (Å²) in [5, 5.41) is 16.3. The number of allylic oxidation sites excluding steroid dienone is 1. The van der Waals surface area contributed by atoms with E-state index in [1.165, 1.54) is 0 Å². The third-order valence-electron chi connectivity index (χ3n) is 4.73. The Morgan fingerprint density at radius 3 is 2.69 bits per heavy atom. The van der Waals surface area contributed by atoms with Gasteiger partial charge in [-0.15, -0.1) is 0 Å². The number of nitrogens with zero attached hydrogens (tertiary/aromatic N) is 1. The van der Waals surface area contributed by atoms with Crippen molar-refractivity contribution in [2.75, 3.05) is 11.1 Å². The number of hydrogen-bond donors (Lipinski definition) is 2. The van der Waals surface area contributed by atoms with E-state index in [0.717, 1.165) is 28.5 Å². The van der Waals surface area contributed by atoms with E-state index >= 15 is 0 Å². The van der Waals surface area contributed by atoms with Gasteiger partial charge in [0.1, 0.15) is 0 Å². The van der Waals surface area contributed by atoms with Crippen LogP contribution >= 0.6 is 23.4 Å². The molecule has 3 rings (SSSR count). The van der Waals surface area contributed by atoms with E-state index < -0.39 is 0 Å². The predicted molar refractivity (Wildman–Crippen MR) is 117 cm³/mol. The van der Waals surface area contributed by atoms with Crippen molar-refractivity contribution in [2.24, 2.45) is 0 Å². The van der Waals surface area contributed by atoms with Crippen LogP contribution in [0.15, 0.2) is 53.1 Å². The van der Waals surface area contributed by atoms with Crippen LogP contribution in [0.3, 0.4) is 0 Å². The van der Waals surface area contributed by atoms with Crippen molar-refractivity contribution in [1.82, 2.24) is 5.32 Å². The van der Waals surface area contributed by atoms with Crippen molar-refractivity contribution in [3.8, 4) is 6.07 Å². The fourth-order valence-electron chi connectivity index (χ4n) is 3.08.